The summed E-state index contributed by atoms with van der Waals surface area (Å²) in [5, 5.41) is 14.8. The number of nitrogens with one attached hydrogen (secondary N) is 2. The van der Waals surface area contributed by atoms with Gasteiger partial charge in [0.1, 0.15) is 0 Å². The number of rotatable bonds is 9. The van der Waals surface area contributed by atoms with Gasteiger partial charge in [-0.15, -0.1) is 0 Å². The third kappa shape index (κ3) is 6.51. The summed E-state index contributed by atoms with van der Waals surface area (Å²) in [6.45, 7) is 4.74. The van der Waals surface area contributed by atoms with Gasteiger partial charge in [-0.25, -0.2) is 9.97 Å². The van der Waals surface area contributed by atoms with Crippen LogP contribution in [0.25, 0.3) is 0 Å². The third-order valence-corrected chi connectivity index (χ3v) is 3.76. The summed E-state index contributed by atoms with van der Waals surface area (Å²) in [6, 6.07) is 9.18. The molecule has 0 unspecified atom stereocenters. The SMILES string of the molecule is Cc1cc(C)nc(Nc2ccc(C(=O)NCCCCCCO)cc2)n1. The fraction of sp³-hybridized carbons (Fsp3) is 0.421. The summed E-state index contributed by atoms with van der Waals surface area (Å²) in [6.07, 6.45) is 3.76. The predicted octanol–water partition coefficient (Wildman–Crippen LogP) is 3.12. The Morgan fingerprint density at radius 3 is 2.28 bits per heavy atom. The van der Waals surface area contributed by atoms with E-state index in [1.807, 2.05) is 32.0 Å². The quantitative estimate of drug-likeness (QED) is 0.610. The molecule has 2 aromatic rings. The van der Waals surface area contributed by atoms with Crippen molar-refractivity contribution in [1.82, 2.24) is 15.3 Å². The molecule has 0 aliphatic rings. The lowest BCUT2D eigenvalue weighted by Crippen LogP contribution is -2.24. The van der Waals surface area contributed by atoms with Crippen molar-refractivity contribution in [3.63, 3.8) is 0 Å². The number of hydrogen-bond donors (Lipinski definition) is 3. The van der Waals surface area contributed by atoms with E-state index >= 15 is 0 Å². The number of carbonyl (C=O) groups excluding carboxylic acids is 1. The Labute approximate surface area is 148 Å². The zero-order valence-corrected chi connectivity index (χ0v) is 14.9. The Bertz CT molecular complexity index is 666. The standard InChI is InChI=1S/C19H26N4O2/c1-14-13-15(2)22-19(21-14)23-17-9-7-16(8-10-17)18(25)20-11-5-3-4-6-12-24/h7-10,13,24H,3-6,11-12H2,1-2H3,(H,20,25)(H,21,22,23). The number of carbonyl (C=O) groups is 1. The van der Waals surface area contributed by atoms with E-state index in [9.17, 15) is 4.79 Å². The van der Waals surface area contributed by atoms with E-state index in [0.717, 1.165) is 42.8 Å². The van der Waals surface area contributed by atoms with Crippen LogP contribution in [-0.2, 0) is 0 Å². The normalized spacial score (nSPS) is 10.5. The number of nitrogens with zero attached hydrogens (tertiary/aromatic N) is 2. The largest absolute Gasteiger partial charge is 0.396 e. The molecule has 1 amide bonds. The maximum absolute atomic E-state index is 12.1. The molecule has 2 rings (SSSR count). The minimum atomic E-state index is -0.0728. The van der Waals surface area contributed by atoms with Crippen LogP contribution in [0.15, 0.2) is 30.3 Å². The average Bonchev–Trinajstić information content (AvgIpc) is 2.57. The Morgan fingerprint density at radius 2 is 1.64 bits per heavy atom. The lowest BCUT2D eigenvalue weighted by Gasteiger charge is -2.08. The van der Waals surface area contributed by atoms with Crippen LogP contribution < -0.4 is 10.6 Å². The maximum Gasteiger partial charge on any atom is 0.251 e. The summed E-state index contributed by atoms with van der Waals surface area (Å²) >= 11 is 0. The van der Waals surface area contributed by atoms with Crippen molar-refractivity contribution in [3.05, 3.63) is 47.3 Å². The molecule has 6 heteroatoms. The molecule has 0 saturated carbocycles. The molecule has 3 N–H and O–H groups in total. The fourth-order valence-corrected chi connectivity index (χ4v) is 2.51. The lowest BCUT2D eigenvalue weighted by molar-refractivity contribution is 0.0953. The summed E-state index contributed by atoms with van der Waals surface area (Å²) in [5.74, 6) is 0.480. The number of anilines is 2. The van der Waals surface area contributed by atoms with Crippen molar-refractivity contribution in [1.29, 1.82) is 0 Å². The highest BCUT2D eigenvalue weighted by Crippen LogP contribution is 2.15. The van der Waals surface area contributed by atoms with Crippen LogP contribution in [0.4, 0.5) is 11.6 Å². The second-order valence-corrected chi connectivity index (χ2v) is 6.07. The van der Waals surface area contributed by atoms with Crippen molar-refractivity contribution in [2.45, 2.75) is 39.5 Å². The first-order valence-electron chi connectivity index (χ1n) is 8.67. The number of hydrogen-bond acceptors (Lipinski definition) is 5. The number of aliphatic hydroxyl groups excluding tert-OH is 1. The molecule has 6 nitrogen and oxygen atoms in total. The van der Waals surface area contributed by atoms with Gasteiger partial charge in [-0.3, -0.25) is 4.79 Å². The molecular weight excluding hydrogens is 316 g/mol. The van der Waals surface area contributed by atoms with Gasteiger partial charge in [-0.2, -0.15) is 0 Å². The van der Waals surface area contributed by atoms with Crippen molar-refractivity contribution >= 4 is 17.5 Å². The summed E-state index contributed by atoms with van der Waals surface area (Å²) in [4.78, 5) is 20.8. The Morgan fingerprint density at radius 1 is 1.00 bits per heavy atom. The number of amides is 1. The lowest BCUT2D eigenvalue weighted by atomic mass is 10.1. The molecule has 0 saturated heterocycles. The van der Waals surface area contributed by atoms with E-state index in [0.29, 0.717) is 18.1 Å². The van der Waals surface area contributed by atoms with Gasteiger partial charge in [0, 0.05) is 35.8 Å². The number of benzene rings is 1. The van der Waals surface area contributed by atoms with Gasteiger partial charge in [-0.05, 0) is 57.0 Å². The van der Waals surface area contributed by atoms with Gasteiger partial charge in [0.05, 0.1) is 0 Å². The van der Waals surface area contributed by atoms with Crippen LogP contribution in [0.1, 0.15) is 47.4 Å². The van der Waals surface area contributed by atoms with Gasteiger partial charge in [0.2, 0.25) is 5.95 Å². The van der Waals surface area contributed by atoms with Crippen LogP contribution in [0.3, 0.4) is 0 Å². The van der Waals surface area contributed by atoms with E-state index in [1.54, 1.807) is 12.1 Å². The fourth-order valence-electron chi connectivity index (χ4n) is 2.51. The maximum atomic E-state index is 12.1. The van der Waals surface area contributed by atoms with Gasteiger partial charge < -0.3 is 15.7 Å². The molecule has 0 radical (unpaired) electrons. The average molecular weight is 342 g/mol. The topological polar surface area (TPSA) is 87.1 Å². The van der Waals surface area contributed by atoms with E-state index < -0.39 is 0 Å². The zero-order valence-electron chi connectivity index (χ0n) is 14.9. The highest BCUT2D eigenvalue weighted by molar-refractivity contribution is 5.94. The molecule has 0 atom stereocenters. The number of aryl methyl sites for hydroxylation is 2. The highest BCUT2D eigenvalue weighted by atomic mass is 16.2. The van der Waals surface area contributed by atoms with E-state index in [-0.39, 0.29) is 12.5 Å². The van der Waals surface area contributed by atoms with E-state index in [4.69, 9.17) is 5.11 Å². The van der Waals surface area contributed by atoms with Crippen LogP contribution in [0.5, 0.6) is 0 Å². The molecule has 1 aromatic heterocycles. The Kier molecular flexibility index (Phi) is 7.35. The zero-order chi connectivity index (χ0) is 18.1. The first kappa shape index (κ1) is 18.9. The third-order valence-electron chi connectivity index (χ3n) is 3.76. The van der Waals surface area contributed by atoms with Gasteiger partial charge >= 0.3 is 0 Å². The molecule has 0 aliphatic carbocycles. The van der Waals surface area contributed by atoms with E-state index in [1.165, 1.54) is 0 Å². The molecule has 0 spiro atoms. The first-order valence-corrected chi connectivity index (χ1v) is 8.67. The molecular formula is C19H26N4O2. The monoisotopic (exact) mass is 342 g/mol. The van der Waals surface area contributed by atoms with Crippen molar-refractivity contribution in [2.75, 3.05) is 18.5 Å². The molecule has 0 bridgehead atoms. The second-order valence-electron chi connectivity index (χ2n) is 6.07. The molecule has 134 valence electrons. The predicted molar refractivity (Wildman–Crippen MR) is 99.1 cm³/mol. The minimum Gasteiger partial charge on any atom is -0.396 e. The van der Waals surface area contributed by atoms with Crippen LogP contribution in [-0.4, -0.2) is 34.1 Å². The highest BCUT2D eigenvalue weighted by Gasteiger charge is 2.05. The Balaban J connectivity index is 1.83. The second kappa shape index (κ2) is 9.74. The van der Waals surface area contributed by atoms with Crippen molar-refractivity contribution in [3.8, 4) is 0 Å². The van der Waals surface area contributed by atoms with Crippen LogP contribution >= 0.6 is 0 Å². The summed E-state index contributed by atoms with van der Waals surface area (Å²) < 4.78 is 0. The smallest absolute Gasteiger partial charge is 0.251 e. The number of unbranched alkanes of at least 4 members (excludes halogenated alkanes) is 3. The summed E-state index contributed by atoms with van der Waals surface area (Å²) in [7, 11) is 0. The minimum absolute atomic E-state index is 0.0728. The van der Waals surface area contributed by atoms with Gasteiger partial charge in [0.25, 0.3) is 5.91 Å². The molecule has 1 aromatic carbocycles. The molecule has 25 heavy (non-hydrogen) atoms. The van der Waals surface area contributed by atoms with Crippen molar-refractivity contribution in [2.24, 2.45) is 0 Å². The number of aliphatic hydroxyl groups is 1. The van der Waals surface area contributed by atoms with Crippen LogP contribution in [0, 0.1) is 13.8 Å². The van der Waals surface area contributed by atoms with Gasteiger partial charge in [-0.1, -0.05) is 12.8 Å². The Hall–Kier alpha value is -2.47. The number of aromatic nitrogens is 2. The van der Waals surface area contributed by atoms with E-state index in [2.05, 4.69) is 20.6 Å². The first-order chi connectivity index (χ1) is 12.1. The summed E-state index contributed by atoms with van der Waals surface area (Å²) in [5.41, 5.74) is 3.28. The molecule has 1 heterocycles. The van der Waals surface area contributed by atoms with Gasteiger partial charge in [0.15, 0.2) is 0 Å². The molecule has 0 fully saturated rings. The van der Waals surface area contributed by atoms with Crippen molar-refractivity contribution < 1.29 is 9.90 Å². The van der Waals surface area contributed by atoms with Crippen LogP contribution in [0.2, 0.25) is 0 Å². The molecule has 0 aliphatic heterocycles.